The number of methoxy groups -OCH3 is 1. The van der Waals surface area contributed by atoms with Crippen LogP contribution in [0.1, 0.15) is 73.6 Å². The van der Waals surface area contributed by atoms with Crippen LogP contribution < -0.4 is 0 Å². The molecule has 4 atom stereocenters. The van der Waals surface area contributed by atoms with Crippen molar-refractivity contribution in [2.45, 2.75) is 68.9 Å². The molecule has 1 aromatic carbocycles. The summed E-state index contributed by atoms with van der Waals surface area (Å²) in [6.45, 7) is 2.19. The topological polar surface area (TPSA) is 73.3 Å². The van der Waals surface area contributed by atoms with Crippen molar-refractivity contribution in [2.75, 3.05) is 12.9 Å². The van der Waals surface area contributed by atoms with Gasteiger partial charge in [0.15, 0.2) is 9.84 Å². The minimum atomic E-state index is -4.43. The SMILES string of the molecule is COC(=O)CCCS(=O)(=O)c1ccc2c(c1)CC[C@@H]1[C@@H]2CC[C@]2(C)C(c3cncc(C(F)(F)F)c3)=CC[C@@H]12. The lowest BCUT2D eigenvalue weighted by atomic mass is 9.54. The smallest absolute Gasteiger partial charge is 0.417 e. The summed E-state index contributed by atoms with van der Waals surface area (Å²) < 4.78 is 70.4. The van der Waals surface area contributed by atoms with Crippen molar-refractivity contribution in [3.63, 3.8) is 0 Å². The van der Waals surface area contributed by atoms with Crippen molar-refractivity contribution in [2.24, 2.45) is 17.3 Å². The van der Waals surface area contributed by atoms with Crippen molar-refractivity contribution in [1.29, 1.82) is 0 Å². The molecule has 0 N–H and O–H groups in total. The highest BCUT2D eigenvalue weighted by Crippen LogP contribution is 2.63. The zero-order valence-corrected chi connectivity index (χ0v) is 22.4. The maximum Gasteiger partial charge on any atom is 0.417 e. The molecular weight excluding hydrogens is 515 g/mol. The number of rotatable bonds is 6. The van der Waals surface area contributed by atoms with E-state index in [4.69, 9.17) is 0 Å². The number of carbonyl (C=O) groups is 1. The van der Waals surface area contributed by atoms with E-state index in [9.17, 15) is 26.4 Å². The predicted octanol–water partition coefficient (Wildman–Crippen LogP) is 6.38. The van der Waals surface area contributed by atoms with Crippen LogP contribution in [0, 0.1) is 17.3 Å². The molecule has 1 aromatic heterocycles. The maximum absolute atomic E-state index is 13.3. The molecule has 5 rings (SSSR count). The summed E-state index contributed by atoms with van der Waals surface area (Å²) in [5, 5.41) is 0. The number of hydrogen-bond donors (Lipinski definition) is 0. The molecule has 5 nitrogen and oxygen atoms in total. The van der Waals surface area contributed by atoms with E-state index in [2.05, 4.69) is 22.7 Å². The first-order valence-corrected chi connectivity index (χ1v) is 14.7. The number of sulfone groups is 1. The molecule has 0 radical (unpaired) electrons. The van der Waals surface area contributed by atoms with Crippen molar-refractivity contribution < 1.29 is 31.1 Å². The van der Waals surface area contributed by atoms with Gasteiger partial charge in [0.1, 0.15) is 0 Å². The number of alkyl halides is 3. The zero-order chi connectivity index (χ0) is 27.3. The van der Waals surface area contributed by atoms with Crippen molar-refractivity contribution >= 4 is 21.4 Å². The Kier molecular flexibility index (Phi) is 6.95. The van der Waals surface area contributed by atoms with Gasteiger partial charge in [0, 0.05) is 18.8 Å². The van der Waals surface area contributed by atoms with Gasteiger partial charge in [0.25, 0.3) is 0 Å². The molecule has 1 heterocycles. The molecule has 2 aromatic rings. The summed E-state index contributed by atoms with van der Waals surface area (Å²) in [6.07, 6.45) is 4.67. The van der Waals surface area contributed by atoms with Gasteiger partial charge in [-0.3, -0.25) is 9.78 Å². The first-order valence-electron chi connectivity index (χ1n) is 13.1. The van der Waals surface area contributed by atoms with E-state index in [-0.39, 0.29) is 24.0 Å². The minimum absolute atomic E-state index is 0.0666. The molecule has 0 unspecified atom stereocenters. The molecule has 3 aliphatic carbocycles. The van der Waals surface area contributed by atoms with Gasteiger partial charge in [-0.1, -0.05) is 19.1 Å². The highest BCUT2D eigenvalue weighted by atomic mass is 32.2. The molecule has 0 bridgehead atoms. The molecule has 1 fully saturated rings. The predicted molar refractivity (Wildman–Crippen MR) is 137 cm³/mol. The number of esters is 1. The second kappa shape index (κ2) is 9.81. The van der Waals surface area contributed by atoms with Gasteiger partial charge in [-0.25, -0.2) is 8.42 Å². The molecule has 3 aliphatic rings. The lowest BCUT2D eigenvalue weighted by Crippen LogP contribution is -2.41. The van der Waals surface area contributed by atoms with E-state index in [1.165, 1.54) is 18.7 Å². The number of benzene rings is 1. The summed E-state index contributed by atoms with van der Waals surface area (Å²) >= 11 is 0. The van der Waals surface area contributed by atoms with Crippen LogP contribution in [0.3, 0.4) is 0 Å². The molecule has 0 saturated heterocycles. The number of aryl methyl sites for hydroxylation is 1. The standard InChI is InChI=1S/C29H32F3NO4S/c1-28-12-11-23-22-8-6-21(38(35,36)13-3-4-27(34)37-2)15-18(22)5-7-24(23)26(28)10-9-25(28)19-14-20(17-33-16-19)29(30,31)32/h6,8-9,14-17,23-24,26H,3-5,7,10-13H2,1-2H3/t23-,24-,26+,28-/m1/s1. The number of ether oxygens (including phenoxy) is 1. The third-order valence-electron chi connectivity index (χ3n) is 9.04. The average Bonchev–Trinajstić information content (AvgIpc) is 3.24. The van der Waals surface area contributed by atoms with Gasteiger partial charge in [-0.15, -0.1) is 0 Å². The van der Waals surface area contributed by atoms with Crippen LogP contribution in [0.4, 0.5) is 13.2 Å². The first-order chi connectivity index (χ1) is 17.9. The number of carbonyl (C=O) groups excluding carboxylic acids is 1. The van der Waals surface area contributed by atoms with E-state index in [0.29, 0.717) is 28.2 Å². The summed E-state index contributed by atoms with van der Waals surface area (Å²) in [6, 6.07) is 6.68. The Hall–Kier alpha value is -2.68. The number of pyridine rings is 1. The summed E-state index contributed by atoms with van der Waals surface area (Å²) in [4.78, 5) is 15.5. The van der Waals surface area contributed by atoms with Crippen LogP contribution >= 0.6 is 0 Å². The third kappa shape index (κ3) is 4.78. The molecule has 1 saturated carbocycles. The lowest BCUT2D eigenvalue weighted by molar-refractivity contribution is -0.140. The number of hydrogen-bond acceptors (Lipinski definition) is 5. The maximum atomic E-state index is 13.3. The zero-order valence-electron chi connectivity index (χ0n) is 21.6. The quantitative estimate of drug-likeness (QED) is 0.393. The first kappa shape index (κ1) is 26.9. The average molecular weight is 548 g/mol. The van der Waals surface area contributed by atoms with Gasteiger partial charge in [-0.05, 0) is 102 Å². The monoisotopic (exact) mass is 547 g/mol. The van der Waals surface area contributed by atoms with Gasteiger partial charge >= 0.3 is 12.1 Å². The Bertz CT molecular complexity index is 1380. The Morgan fingerprint density at radius 3 is 2.71 bits per heavy atom. The third-order valence-corrected chi connectivity index (χ3v) is 10.8. The van der Waals surface area contributed by atoms with E-state index in [1.807, 2.05) is 6.07 Å². The second-order valence-electron chi connectivity index (χ2n) is 11.0. The molecule has 0 spiro atoms. The van der Waals surface area contributed by atoms with Crippen LogP contribution in [-0.4, -0.2) is 32.2 Å². The van der Waals surface area contributed by atoms with Crippen molar-refractivity contribution in [3.8, 4) is 0 Å². The van der Waals surface area contributed by atoms with E-state index >= 15 is 0 Å². The Balaban J connectivity index is 1.35. The molecular formula is C29H32F3NO4S. The second-order valence-corrected chi connectivity index (χ2v) is 13.2. The molecule has 0 amide bonds. The largest absolute Gasteiger partial charge is 0.469 e. The Labute approximate surface area is 221 Å². The van der Waals surface area contributed by atoms with Crippen molar-refractivity contribution in [3.05, 3.63) is 65.0 Å². The number of fused-ring (bicyclic) bond motifs is 5. The van der Waals surface area contributed by atoms with Crippen LogP contribution in [0.5, 0.6) is 0 Å². The van der Waals surface area contributed by atoms with Gasteiger partial charge < -0.3 is 4.74 Å². The van der Waals surface area contributed by atoms with E-state index < -0.39 is 27.5 Å². The van der Waals surface area contributed by atoms with Gasteiger partial charge in [0.05, 0.1) is 23.3 Å². The lowest BCUT2D eigenvalue weighted by Gasteiger charge is -2.50. The Morgan fingerprint density at radius 2 is 1.97 bits per heavy atom. The molecule has 38 heavy (non-hydrogen) atoms. The van der Waals surface area contributed by atoms with Crippen molar-refractivity contribution in [1.82, 2.24) is 4.98 Å². The summed E-state index contributed by atoms with van der Waals surface area (Å²) in [7, 11) is -2.22. The highest BCUT2D eigenvalue weighted by Gasteiger charge is 2.52. The van der Waals surface area contributed by atoms with Gasteiger partial charge in [0.2, 0.25) is 0 Å². The van der Waals surface area contributed by atoms with Crippen LogP contribution in [0.15, 0.2) is 47.6 Å². The molecule has 0 aliphatic heterocycles. The van der Waals surface area contributed by atoms with Crippen LogP contribution in [-0.2, 0) is 32.0 Å². The number of nitrogens with zero attached hydrogens (tertiary/aromatic N) is 1. The number of halogens is 3. The van der Waals surface area contributed by atoms with Crippen LogP contribution in [0.25, 0.3) is 5.57 Å². The fourth-order valence-corrected chi connectivity index (χ4v) is 8.49. The normalized spacial score (nSPS) is 26.7. The van der Waals surface area contributed by atoms with E-state index in [1.54, 1.807) is 18.3 Å². The summed E-state index contributed by atoms with van der Waals surface area (Å²) in [5.74, 6) is 0.485. The molecule has 9 heteroatoms. The minimum Gasteiger partial charge on any atom is -0.469 e. The number of allylic oxidation sites excluding steroid dienone is 2. The van der Waals surface area contributed by atoms with Crippen LogP contribution in [0.2, 0.25) is 0 Å². The molecule has 204 valence electrons. The highest BCUT2D eigenvalue weighted by molar-refractivity contribution is 7.91. The fraction of sp³-hybridized carbons (Fsp3) is 0.517. The summed E-state index contributed by atoms with van der Waals surface area (Å²) in [5.41, 5.74) is 2.86. The fourth-order valence-electron chi connectivity index (χ4n) is 7.14. The van der Waals surface area contributed by atoms with Gasteiger partial charge in [-0.2, -0.15) is 13.2 Å². The number of aromatic nitrogens is 1. The van der Waals surface area contributed by atoms with E-state index in [0.717, 1.165) is 49.4 Å². The Morgan fingerprint density at radius 1 is 1.18 bits per heavy atom.